The maximum Gasteiger partial charge on any atom is 0.237 e. The second-order valence-corrected chi connectivity index (χ2v) is 7.52. The first-order valence-electron chi connectivity index (χ1n) is 9.94. The number of nitrogens with zero attached hydrogens (tertiary/aromatic N) is 2. The van der Waals surface area contributed by atoms with E-state index in [1.54, 1.807) is 0 Å². The van der Waals surface area contributed by atoms with Crippen LogP contribution < -0.4 is 0 Å². The highest BCUT2D eigenvalue weighted by atomic mass is 16.7. The fourth-order valence-corrected chi connectivity index (χ4v) is 3.80. The number of amides is 1. The van der Waals surface area contributed by atoms with Crippen molar-refractivity contribution in [2.45, 2.75) is 45.9 Å². The molecule has 0 aliphatic carbocycles. The summed E-state index contributed by atoms with van der Waals surface area (Å²) in [6, 6.07) is 8.47. The van der Waals surface area contributed by atoms with E-state index >= 15 is 0 Å². The molecule has 144 valence electrons. The molecule has 3 rings (SSSR count). The van der Waals surface area contributed by atoms with Crippen molar-refractivity contribution in [2.75, 3.05) is 39.4 Å². The highest BCUT2D eigenvalue weighted by molar-refractivity contribution is 5.78. The molecule has 0 saturated carbocycles. The Morgan fingerprint density at radius 2 is 1.81 bits per heavy atom. The summed E-state index contributed by atoms with van der Waals surface area (Å²) in [7, 11) is 0. The molecule has 0 spiro atoms. The number of ether oxygens (including phenoxy) is 2. The molecule has 1 aromatic rings. The minimum atomic E-state index is -0.0222. The third-order valence-corrected chi connectivity index (χ3v) is 5.36. The number of piperidine rings is 1. The van der Waals surface area contributed by atoms with Gasteiger partial charge in [-0.05, 0) is 44.8 Å². The van der Waals surface area contributed by atoms with Gasteiger partial charge in [-0.3, -0.25) is 9.69 Å². The summed E-state index contributed by atoms with van der Waals surface area (Å²) >= 11 is 0. The number of benzene rings is 1. The van der Waals surface area contributed by atoms with E-state index in [1.165, 1.54) is 11.1 Å². The molecule has 0 unspecified atom stereocenters. The quantitative estimate of drug-likeness (QED) is 0.750. The Morgan fingerprint density at radius 1 is 1.15 bits per heavy atom. The zero-order valence-electron chi connectivity index (χ0n) is 16.2. The highest BCUT2D eigenvalue weighted by Gasteiger charge is 2.31. The highest BCUT2D eigenvalue weighted by Crippen LogP contribution is 2.25. The second-order valence-electron chi connectivity index (χ2n) is 7.52. The Kier molecular flexibility index (Phi) is 7.06. The fraction of sp³-hybridized carbons (Fsp3) is 0.667. The summed E-state index contributed by atoms with van der Waals surface area (Å²) in [5.74, 6) is 0.711. The average Bonchev–Trinajstić information content (AvgIpc) is 3.18. The van der Waals surface area contributed by atoms with E-state index in [4.69, 9.17) is 9.47 Å². The molecule has 0 aromatic heterocycles. The van der Waals surface area contributed by atoms with E-state index in [0.29, 0.717) is 32.2 Å². The molecule has 2 saturated heterocycles. The number of carbonyl (C=O) groups excluding carboxylic acids is 1. The average molecular weight is 360 g/mol. The van der Waals surface area contributed by atoms with E-state index < -0.39 is 0 Å². The molecule has 0 N–H and O–H groups in total. The number of carbonyl (C=O) groups is 1. The van der Waals surface area contributed by atoms with Crippen molar-refractivity contribution >= 4 is 5.91 Å². The lowest BCUT2D eigenvalue weighted by molar-refractivity contribution is -0.134. The van der Waals surface area contributed by atoms with Crippen molar-refractivity contribution in [1.29, 1.82) is 0 Å². The monoisotopic (exact) mass is 360 g/mol. The van der Waals surface area contributed by atoms with Gasteiger partial charge in [-0.2, -0.15) is 0 Å². The minimum Gasteiger partial charge on any atom is -0.350 e. The number of hydrogen-bond donors (Lipinski definition) is 0. The molecule has 26 heavy (non-hydrogen) atoms. The molecule has 2 aliphatic heterocycles. The lowest BCUT2D eigenvalue weighted by atomic mass is 9.96. The molecule has 2 heterocycles. The molecule has 5 nitrogen and oxygen atoms in total. The molecule has 2 fully saturated rings. The van der Waals surface area contributed by atoms with E-state index in [9.17, 15) is 4.79 Å². The van der Waals surface area contributed by atoms with E-state index in [1.807, 2.05) is 4.90 Å². The van der Waals surface area contributed by atoms with Gasteiger partial charge in [0.15, 0.2) is 6.29 Å². The maximum atomic E-state index is 12.8. The Hall–Kier alpha value is -1.43. The van der Waals surface area contributed by atoms with Gasteiger partial charge >= 0.3 is 0 Å². The predicted molar refractivity (Wildman–Crippen MR) is 102 cm³/mol. The topological polar surface area (TPSA) is 42.0 Å². The fourth-order valence-electron chi connectivity index (χ4n) is 3.80. The lowest BCUT2D eigenvalue weighted by Gasteiger charge is -2.34. The number of aryl methyl sites for hydroxylation is 1. The number of rotatable bonds is 7. The lowest BCUT2D eigenvalue weighted by Crippen LogP contribution is -2.44. The summed E-state index contributed by atoms with van der Waals surface area (Å²) in [6.45, 7) is 9.58. The van der Waals surface area contributed by atoms with Crippen molar-refractivity contribution in [3.63, 3.8) is 0 Å². The first-order chi connectivity index (χ1) is 12.7. The Bertz CT molecular complexity index is 561. The molecule has 0 atom stereocenters. The third kappa shape index (κ3) is 5.29. The molecule has 0 bridgehead atoms. The molecule has 1 amide bonds. The van der Waals surface area contributed by atoms with Crippen LogP contribution in [0.25, 0.3) is 0 Å². The van der Waals surface area contributed by atoms with Crippen molar-refractivity contribution in [1.82, 2.24) is 9.80 Å². The first-order valence-corrected chi connectivity index (χ1v) is 9.94. The Morgan fingerprint density at radius 3 is 2.42 bits per heavy atom. The Labute approximate surface area is 157 Å². The van der Waals surface area contributed by atoms with Crippen molar-refractivity contribution in [2.24, 2.45) is 5.92 Å². The van der Waals surface area contributed by atoms with Crippen LogP contribution in [-0.2, 0) is 20.8 Å². The van der Waals surface area contributed by atoms with Gasteiger partial charge in [-0.1, -0.05) is 36.8 Å². The molecular formula is C21H32N2O3. The summed E-state index contributed by atoms with van der Waals surface area (Å²) < 4.78 is 11.3. The van der Waals surface area contributed by atoms with Gasteiger partial charge in [0.05, 0.1) is 19.8 Å². The van der Waals surface area contributed by atoms with E-state index in [-0.39, 0.29) is 12.2 Å². The summed E-state index contributed by atoms with van der Waals surface area (Å²) in [5.41, 5.74) is 2.45. The zero-order chi connectivity index (χ0) is 18.4. The summed E-state index contributed by atoms with van der Waals surface area (Å²) in [6.07, 6.45) is 3.05. The summed E-state index contributed by atoms with van der Waals surface area (Å²) in [5, 5.41) is 0. The van der Waals surface area contributed by atoms with Crippen LogP contribution in [0.5, 0.6) is 0 Å². The maximum absolute atomic E-state index is 12.8. The standard InChI is InChI=1S/C21H32N2O3/c1-3-10-23(15-18-6-4-17(2)5-7-18)20(24)16-22-11-8-19(9-12-22)21-25-13-14-26-21/h4-7,19,21H,3,8-16H2,1-2H3. The van der Waals surface area contributed by atoms with Crippen LogP contribution >= 0.6 is 0 Å². The normalized spacial score (nSPS) is 19.8. The van der Waals surface area contributed by atoms with Crippen LogP contribution in [0.1, 0.15) is 37.3 Å². The number of likely N-dealkylation sites (tertiary alicyclic amines) is 1. The van der Waals surface area contributed by atoms with Crippen molar-refractivity contribution < 1.29 is 14.3 Å². The first kappa shape index (κ1) is 19.3. The van der Waals surface area contributed by atoms with Crippen LogP contribution in [0.3, 0.4) is 0 Å². The van der Waals surface area contributed by atoms with Crippen molar-refractivity contribution in [3.05, 3.63) is 35.4 Å². The molecule has 1 aromatic carbocycles. The van der Waals surface area contributed by atoms with Gasteiger partial charge < -0.3 is 14.4 Å². The SMILES string of the molecule is CCCN(Cc1ccc(C)cc1)C(=O)CN1CCC(C2OCCO2)CC1. The summed E-state index contributed by atoms with van der Waals surface area (Å²) in [4.78, 5) is 17.1. The van der Waals surface area contributed by atoms with Gasteiger partial charge in [0.2, 0.25) is 5.91 Å². The van der Waals surface area contributed by atoms with Gasteiger partial charge in [0.1, 0.15) is 0 Å². The molecular weight excluding hydrogens is 328 g/mol. The van der Waals surface area contributed by atoms with Crippen LogP contribution in [-0.4, -0.2) is 61.4 Å². The van der Waals surface area contributed by atoms with Crippen LogP contribution in [0.15, 0.2) is 24.3 Å². The van der Waals surface area contributed by atoms with Crippen LogP contribution in [0.4, 0.5) is 0 Å². The van der Waals surface area contributed by atoms with E-state index in [0.717, 1.165) is 38.9 Å². The smallest absolute Gasteiger partial charge is 0.237 e. The minimum absolute atomic E-state index is 0.0222. The van der Waals surface area contributed by atoms with Gasteiger partial charge in [0, 0.05) is 19.0 Å². The number of hydrogen-bond acceptors (Lipinski definition) is 4. The van der Waals surface area contributed by atoms with E-state index in [2.05, 4.69) is 43.0 Å². The molecule has 5 heteroatoms. The van der Waals surface area contributed by atoms with Crippen LogP contribution in [0, 0.1) is 12.8 Å². The largest absolute Gasteiger partial charge is 0.350 e. The second kappa shape index (κ2) is 9.49. The predicted octanol–water partition coefficient (Wildman–Crippen LogP) is 2.82. The molecule has 2 aliphatic rings. The van der Waals surface area contributed by atoms with Crippen molar-refractivity contribution in [3.8, 4) is 0 Å². The van der Waals surface area contributed by atoms with Gasteiger partial charge in [-0.15, -0.1) is 0 Å². The third-order valence-electron chi connectivity index (χ3n) is 5.36. The molecule has 0 radical (unpaired) electrons. The van der Waals surface area contributed by atoms with Crippen LogP contribution in [0.2, 0.25) is 0 Å². The Balaban J connectivity index is 1.49. The van der Waals surface area contributed by atoms with Gasteiger partial charge in [0.25, 0.3) is 0 Å². The zero-order valence-corrected chi connectivity index (χ0v) is 16.2. The van der Waals surface area contributed by atoms with Gasteiger partial charge in [-0.25, -0.2) is 0 Å².